The normalized spacial score (nSPS) is 15.4. The van der Waals surface area contributed by atoms with E-state index in [1.807, 2.05) is 25.1 Å². The zero-order chi connectivity index (χ0) is 26.9. The predicted octanol–water partition coefficient (Wildman–Crippen LogP) is 7.63. The number of ether oxygens (including phenoxy) is 2. The summed E-state index contributed by atoms with van der Waals surface area (Å²) in [6.45, 7) is 8.43. The molecule has 0 aliphatic carbocycles. The van der Waals surface area contributed by atoms with E-state index in [0.29, 0.717) is 38.6 Å². The van der Waals surface area contributed by atoms with Gasteiger partial charge in [-0.25, -0.2) is 4.79 Å². The van der Waals surface area contributed by atoms with E-state index in [-0.39, 0.29) is 17.6 Å². The van der Waals surface area contributed by atoms with Crippen molar-refractivity contribution in [1.29, 1.82) is 0 Å². The fraction of sp³-hybridized carbons (Fsp3) is 0.414. The molecule has 1 saturated heterocycles. The lowest BCUT2D eigenvalue weighted by atomic mass is 10.1. The van der Waals surface area contributed by atoms with Gasteiger partial charge in [-0.1, -0.05) is 68.7 Å². The highest BCUT2D eigenvalue weighted by molar-refractivity contribution is 8.27. The SMILES string of the molecule is CCCCCCCC(C)Oc1ccc(C=C2SC(=S)N(c3ccc(C)c(C(=O)O)c3)C2=O)cc1OCC. The molecular weight excluding hydrogens is 506 g/mol. The van der Waals surface area contributed by atoms with Gasteiger partial charge in [-0.05, 0) is 75.1 Å². The first-order chi connectivity index (χ1) is 17.7. The standard InChI is InChI=1S/C29H35NO5S2/c1-5-7-8-9-10-11-20(4)35-24-15-13-21(16-25(24)34-6-2)17-26-27(31)30(29(36)37-26)22-14-12-19(3)23(18-22)28(32)33/h12-18,20H,5-11H2,1-4H3,(H,32,33). The first kappa shape index (κ1) is 28.7. The smallest absolute Gasteiger partial charge is 0.336 e. The fourth-order valence-electron chi connectivity index (χ4n) is 4.11. The van der Waals surface area contributed by atoms with Crippen molar-refractivity contribution in [3.8, 4) is 11.5 Å². The molecule has 1 amide bonds. The van der Waals surface area contributed by atoms with Gasteiger partial charge in [-0.15, -0.1) is 0 Å². The zero-order valence-corrected chi connectivity index (χ0v) is 23.5. The van der Waals surface area contributed by atoms with Crippen molar-refractivity contribution in [2.45, 2.75) is 72.3 Å². The van der Waals surface area contributed by atoms with Crippen LogP contribution in [0.15, 0.2) is 41.3 Å². The van der Waals surface area contributed by atoms with Gasteiger partial charge >= 0.3 is 5.97 Å². The van der Waals surface area contributed by atoms with E-state index in [9.17, 15) is 14.7 Å². The Morgan fingerprint density at radius 1 is 1.11 bits per heavy atom. The van der Waals surface area contributed by atoms with Gasteiger partial charge in [-0.3, -0.25) is 9.69 Å². The molecule has 0 spiro atoms. The zero-order valence-electron chi connectivity index (χ0n) is 21.9. The molecule has 198 valence electrons. The van der Waals surface area contributed by atoms with Crippen LogP contribution >= 0.6 is 24.0 Å². The molecule has 1 aliphatic heterocycles. The Kier molecular flexibility index (Phi) is 10.6. The van der Waals surface area contributed by atoms with Crippen LogP contribution in [-0.2, 0) is 4.79 Å². The molecule has 1 N–H and O–H groups in total. The van der Waals surface area contributed by atoms with Crippen LogP contribution in [0.1, 0.15) is 80.8 Å². The molecule has 0 saturated carbocycles. The average molecular weight is 542 g/mol. The minimum absolute atomic E-state index is 0.0770. The highest BCUT2D eigenvalue weighted by Gasteiger charge is 2.34. The van der Waals surface area contributed by atoms with Gasteiger partial charge in [0.2, 0.25) is 0 Å². The second-order valence-electron chi connectivity index (χ2n) is 9.09. The number of thiocarbonyl (C=S) groups is 1. The second-order valence-corrected chi connectivity index (χ2v) is 10.8. The third-order valence-corrected chi connectivity index (χ3v) is 7.41. The molecular formula is C29H35NO5S2. The van der Waals surface area contributed by atoms with Crippen LogP contribution in [0.25, 0.3) is 6.08 Å². The number of benzene rings is 2. The van der Waals surface area contributed by atoms with Crippen LogP contribution < -0.4 is 14.4 Å². The van der Waals surface area contributed by atoms with Gasteiger partial charge in [0.15, 0.2) is 15.8 Å². The molecule has 6 nitrogen and oxygen atoms in total. The molecule has 0 bridgehead atoms. The van der Waals surface area contributed by atoms with Crippen molar-refractivity contribution in [3.05, 3.63) is 58.0 Å². The number of thioether (sulfide) groups is 1. The minimum Gasteiger partial charge on any atom is -0.490 e. The Bertz CT molecular complexity index is 1180. The number of aromatic carboxylic acids is 1. The number of unbranched alkanes of at least 4 members (excludes halogenated alkanes) is 4. The number of carbonyl (C=O) groups is 2. The van der Waals surface area contributed by atoms with Gasteiger partial charge < -0.3 is 14.6 Å². The van der Waals surface area contributed by atoms with Gasteiger partial charge in [-0.2, -0.15) is 0 Å². The summed E-state index contributed by atoms with van der Waals surface area (Å²) in [6, 6.07) is 10.5. The maximum Gasteiger partial charge on any atom is 0.336 e. The van der Waals surface area contributed by atoms with Gasteiger partial charge in [0, 0.05) is 0 Å². The number of hydrogen-bond donors (Lipinski definition) is 1. The number of carboxylic acid groups (broad SMARTS) is 1. The van der Waals surface area contributed by atoms with E-state index < -0.39 is 5.97 Å². The lowest BCUT2D eigenvalue weighted by Crippen LogP contribution is -2.27. The van der Waals surface area contributed by atoms with Crippen molar-refractivity contribution in [2.75, 3.05) is 11.5 Å². The maximum atomic E-state index is 13.2. The maximum absolute atomic E-state index is 13.2. The van der Waals surface area contributed by atoms with Crippen LogP contribution in [0.3, 0.4) is 0 Å². The van der Waals surface area contributed by atoms with Gasteiger partial charge in [0.1, 0.15) is 0 Å². The predicted molar refractivity (Wildman–Crippen MR) is 155 cm³/mol. The fourth-order valence-corrected chi connectivity index (χ4v) is 5.41. The molecule has 3 rings (SSSR count). The number of amides is 1. The molecule has 1 unspecified atom stereocenters. The van der Waals surface area contributed by atoms with Crippen LogP contribution in [0.4, 0.5) is 5.69 Å². The Morgan fingerprint density at radius 3 is 2.57 bits per heavy atom. The van der Waals surface area contributed by atoms with E-state index in [4.69, 9.17) is 21.7 Å². The molecule has 1 aliphatic rings. The Labute approximate surface area is 229 Å². The molecule has 1 atom stereocenters. The number of carboxylic acids is 1. The summed E-state index contributed by atoms with van der Waals surface area (Å²) in [4.78, 5) is 26.6. The highest BCUT2D eigenvalue weighted by atomic mass is 32.2. The van der Waals surface area contributed by atoms with Crippen molar-refractivity contribution in [1.82, 2.24) is 0 Å². The van der Waals surface area contributed by atoms with Crippen molar-refractivity contribution >= 4 is 51.9 Å². The number of hydrogen-bond acceptors (Lipinski definition) is 6. The van der Waals surface area contributed by atoms with Crippen LogP contribution in [0.2, 0.25) is 0 Å². The Hall–Kier alpha value is -2.84. The number of nitrogens with zero attached hydrogens (tertiary/aromatic N) is 1. The number of anilines is 1. The Balaban J connectivity index is 1.76. The highest BCUT2D eigenvalue weighted by Crippen LogP contribution is 2.38. The third kappa shape index (κ3) is 7.58. The number of rotatable bonds is 13. The lowest BCUT2D eigenvalue weighted by molar-refractivity contribution is -0.113. The van der Waals surface area contributed by atoms with Crippen molar-refractivity contribution in [3.63, 3.8) is 0 Å². The molecule has 37 heavy (non-hydrogen) atoms. The quantitative estimate of drug-likeness (QED) is 0.159. The van der Waals surface area contributed by atoms with Crippen LogP contribution in [-0.4, -0.2) is 34.0 Å². The number of carbonyl (C=O) groups excluding carboxylic acids is 1. The summed E-state index contributed by atoms with van der Waals surface area (Å²) < 4.78 is 12.4. The molecule has 1 fully saturated rings. The topological polar surface area (TPSA) is 76.1 Å². The molecule has 0 aromatic heterocycles. The molecule has 1 heterocycles. The van der Waals surface area contributed by atoms with E-state index >= 15 is 0 Å². The van der Waals surface area contributed by atoms with E-state index in [0.717, 1.165) is 18.4 Å². The summed E-state index contributed by atoms with van der Waals surface area (Å²) in [5.41, 5.74) is 1.99. The Morgan fingerprint density at radius 2 is 1.86 bits per heavy atom. The molecule has 2 aromatic rings. The number of aryl methyl sites for hydroxylation is 1. The van der Waals surface area contributed by atoms with E-state index in [1.165, 1.54) is 48.4 Å². The summed E-state index contributed by atoms with van der Waals surface area (Å²) in [5.74, 6) is -0.00950. The molecule has 2 aromatic carbocycles. The third-order valence-electron chi connectivity index (χ3n) is 6.11. The van der Waals surface area contributed by atoms with Crippen molar-refractivity contribution < 1.29 is 24.2 Å². The van der Waals surface area contributed by atoms with Crippen LogP contribution in [0.5, 0.6) is 11.5 Å². The molecule has 8 heteroatoms. The monoisotopic (exact) mass is 541 g/mol. The second kappa shape index (κ2) is 13.6. The first-order valence-electron chi connectivity index (χ1n) is 12.8. The van der Waals surface area contributed by atoms with E-state index in [2.05, 4.69) is 13.8 Å². The van der Waals surface area contributed by atoms with Crippen molar-refractivity contribution in [2.24, 2.45) is 0 Å². The summed E-state index contributed by atoms with van der Waals surface area (Å²) in [5, 5.41) is 9.46. The van der Waals surface area contributed by atoms with Gasteiger partial charge in [0.25, 0.3) is 5.91 Å². The minimum atomic E-state index is -1.04. The lowest BCUT2D eigenvalue weighted by Gasteiger charge is -2.18. The first-order valence-corrected chi connectivity index (χ1v) is 14.0. The summed E-state index contributed by atoms with van der Waals surface area (Å²) in [7, 11) is 0. The van der Waals surface area contributed by atoms with E-state index in [1.54, 1.807) is 25.1 Å². The summed E-state index contributed by atoms with van der Waals surface area (Å²) >= 11 is 6.65. The van der Waals surface area contributed by atoms with Gasteiger partial charge in [0.05, 0.1) is 28.9 Å². The largest absolute Gasteiger partial charge is 0.490 e. The summed E-state index contributed by atoms with van der Waals surface area (Å²) in [6.07, 6.45) is 8.97. The van der Waals surface area contributed by atoms with Crippen LogP contribution in [0, 0.1) is 6.92 Å². The average Bonchev–Trinajstić information content (AvgIpc) is 3.13. The molecule has 0 radical (unpaired) electrons.